The Hall–Kier alpha value is -2.75. The van der Waals surface area contributed by atoms with Gasteiger partial charge in [-0.05, 0) is 36.4 Å². The number of primary amides is 2. The van der Waals surface area contributed by atoms with Crippen LogP contribution < -0.4 is 22.1 Å². The first kappa shape index (κ1) is 19.6. The van der Waals surface area contributed by atoms with Crippen molar-refractivity contribution in [2.45, 2.75) is 40.2 Å². The number of aromatic nitrogens is 3. The lowest BCUT2D eigenvalue weighted by Crippen LogP contribution is -2.38. The van der Waals surface area contributed by atoms with E-state index in [-0.39, 0.29) is 16.9 Å². The lowest BCUT2D eigenvalue weighted by Gasteiger charge is -2.25. The van der Waals surface area contributed by atoms with Crippen molar-refractivity contribution in [1.82, 2.24) is 14.3 Å². The van der Waals surface area contributed by atoms with E-state index in [1.807, 2.05) is 33.8 Å². The molecule has 140 valence electrons. The van der Waals surface area contributed by atoms with Crippen LogP contribution in [0.25, 0.3) is 0 Å². The Morgan fingerprint density at radius 2 is 2.00 bits per heavy atom. The van der Waals surface area contributed by atoms with Crippen LogP contribution in [0.5, 0.6) is 0 Å². The third kappa shape index (κ3) is 5.38. The number of carbonyl (C=O) groups excluding carboxylic acids is 2. The van der Waals surface area contributed by atoms with Crippen LogP contribution in [0.4, 0.5) is 16.6 Å². The summed E-state index contributed by atoms with van der Waals surface area (Å²) in [5, 5.41) is 6.66. The van der Waals surface area contributed by atoms with Gasteiger partial charge in [0.15, 0.2) is 11.5 Å². The number of hydrogen-bond acceptors (Lipinski definition) is 8. The minimum absolute atomic E-state index is 0.00644. The second-order valence-electron chi connectivity index (χ2n) is 7.14. The topological polar surface area (TPSA) is 149 Å². The van der Waals surface area contributed by atoms with Crippen LogP contribution in [0.15, 0.2) is 12.3 Å². The molecule has 0 saturated carbocycles. The molecule has 0 aromatic carbocycles. The summed E-state index contributed by atoms with van der Waals surface area (Å²) in [7, 11) is 0. The number of hydrogen-bond donors (Lipinski definition) is 4. The first-order valence-electron chi connectivity index (χ1n) is 7.98. The highest BCUT2D eigenvalue weighted by atomic mass is 32.1. The molecule has 9 nitrogen and oxygen atoms in total. The van der Waals surface area contributed by atoms with E-state index in [1.54, 1.807) is 0 Å². The summed E-state index contributed by atoms with van der Waals surface area (Å²) in [6.07, 6.45) is 1.86. The molecule has 0 aliphatic carbocycles. The second kappa shape index (κ2) is 7.65. The maximum Gasteiger partial charge on any atom is 0.271 e. The van der Waals surface area contributed by atoms with Gasteiger partial charge in [0.05, 0.1) is 11.9 Å². The molecule has 26 heavy (non-hydrogen) atoms. The number of nitrogens with zero attached hydrogens (tertiary/aromatic N) is 3. The molecule has 2 rings (SSSR count). The quantitative estimate of drug-likeness (QED) is 0.574. The predicted molar refractivity (Wildman–Crippen MR) is 101 cm³/mol. The van der Waals surface area contributed by atoms with Gasteiger partial charge in [-0.3, -0.25) is 9.59 Å². The lowest BCUT2D eigenvalue weighted by atomic mass is 9.88. The molecule has 0 unspecified atom stereocenters. The Labute approximate surface area is 155 Å². The van der Waals surface area contributed by atoms with Gasteiger partial charge in [-0.15, -0.1) is 0 Å². The maximum absolute atomic E-state index is 11.8. The summed E-state index contributed by atoms with van der Waals surface area (Å²) in [6.45, 7) is 7.87. The first-order valence-corrected chi connectivity index (χ1v) is 8.75. The van der Waals surface area contributed by atoms with E-state index in [0.717, 1.165) is 5.69 Å². The molecule has 0 radical (unpaired) electrons. The van der Waals surface area contributed by atoms with Crippen LogP contribution in [0.2, 0.25) is 0 Å². The van der Waals surface area contributed by atoms with Crippen molar-refractivity contribution >= 4 is 40.0 Å². The van der Waals surface area contributed by atoms with E-state index in [9.17, 15) is 9.59 Å². The fraction of sp³-hybridized carbons (Fsp3) is 0.438. The Bertz CT molecular complexity index is 813. The maximum atomic E-state index is 11.8. The lowest BCUT2D eigenvalue weighted by molar-refractivity contribution is -0.119. The van der Waals surface area contributed by atoms with Crippen molar-refractivity contribution in [1.29, 1.82) is 0 Å². The molecule has 10 heteroatoms. The molecule has 0 spiro atoms. The molecule has 2 amide bonds. The van der Waals surface area contributed by atoms with Crippen LogP contribution in [-0.2, 0) is 4.79 Å². The summed E-state index contributed by atoms with van der Waals surface area (Å²) in [5.74, 6) is -0.709. The molecule has 2 aromatic heterocycles. The van der Waals surface area contributed by atoms with Crippen molar-refractivity contribution in [2.75, 3.05) is 10.6 Å². The summed E-state index contributed by atoms with van der Waals surface area (Å²) in [4.78, 5) is 31.8. The van der Waals surface area contributed by atoms with Crippen molar-refractivity contribution < 1.29 is 9.59 Å². The zero-order valence-electron chi connectivity index (χ0n) is 15.2. The Balaban J connectivity index is 2.30. The van der Waals surface area contributed by atoms with Crippen molar-refractivity contribution in [3.8, 4) is 0 Å². The Kier molecular flexibility index (Phi) is 5.76. The normalized spacial score (nSPS) is 12.5. The van der Waals surface area contributed by atoms with Gasteiger partial charge < -0.3 is 22.1 Å². The minimum atomic E-state index is -0.714. The van der Waals surface area contributed by atoms with Crippen molar-refractivity contribution in [3.05, 3.63) is 23.7 Å². The van der Waals surface area contributed by atoms with Crippen LogP contribution in [-0.4, -0.2) is 32.2 Å². The van der Waals surface area contributed by atoms with Gasteiger partial charge in [0.2, 0.25) is 5.91 Å². The number of nitrogens with one attached hydrogen (secondary N) is 2. The first-order chi connectivity index (χ1) is 12.0. The highest BCUT2D eigenvalue weighted by Crippen LogP contribution is 2.25. The smallest absolute Gasteiger partial charge is 0.271 e. The van der Waals surface area contributed by atoms with Crippen LogP contribution in [0.1, 0.15) is 43.4 Å². The molecule has 0 aliphatic rings. The monoisotopic (exact) mass is 377 g/mol. The number of carbonyl (C=O) groups is 2. The predicted octanol–water partition coefficient (Wildman–Crippen LogP) is 1.79. The Morgan fingerprint density at radius 1 is 1.31 bits per heavy atom. The fourth-order valence-electron chi connectivity index (χ4n) is 2.28. The molecular formula is C16H23N7O2S. The highest BCUT2D eigenvalue weighted by molar-refractivity contribution is 7.10. The van der Waals surface area contributed by atoms with E-state index < -0.39 is 17.9 Å². The third-order valence-electron chi connectivity index (χ3n) is 3.36. The molecular weight excluding hydrogens is 354 g/mol. The van der Waals surface area contributed by atoms with Gasteiger partial charge in [0.25, 0.3) is 5.91 Å². The summed E-state index contributed by atoms with van der Waals surface area (Å²) in [5.41, 5.74) is 11.6. The van der Waals surface area contributed by atoms with Gasteiger partial charge in [-0.2, -0.15) is 4.37 Å². The van der Waals surface area contributed by atoms with Gasteiger partial charge in [-0.1, -0.05) is 20.8 Å². The van der Waals surface area contributed by atoms with Crippen molar-refractivity contribution in [2.24, 2.45) is 16.9 Å². The SMILES string of the molecule is Cc1cc(Nc2nc(N[C@H](CC(C)(C)C)C(N)=O)cnc2C(N)=O)sn1. The molecule has 0 saturated heterocycles. The van der Waals surface area contributed by atoms with Gasteiger partial charge in [-0.25, -0.2) is 9.97 Å². The number of amides is 2. The van der Waals surface area contributed by atoms with Gasteiger partial charge in [0, 0.05) is 0 Å². The largest absolute Gasteiger partial charge is 0.368 e. The number of nitrogens with two attached hydrogens (primary N) is 2. The molecule has 2 aromatic rings. The zero-order chi connectivity index (χ0) is 19.5. The van der Waals surface area contributed by atoms with E-state index in [2.05, 4.69) is 25.0 Å². The van der Waals surface area contributed by atoms with Crippen molar-refractivity contribution in [3.63, 3.8) is 0 Å². The molecule has 0 aliphatic heterocycles. The Morgan fingerprint density at radius 3 is 2.50 bits per heavy atom. The number of aryl methyl sites for hydroxylation is 1. The zero-order valence-corrected chi connectivity index (χ0v) is 16.0. The van der Waals surface area contributed by atoms with E-state index in [1.165, 1.54) is 17.7 Å². The van der Waals surface area contributed by atoms with Crippen LogP contribution in [0.3, 0.4) is 0 Å². The third-order valence-corrected chi connectivity index (χ3v) is 4.15. The molecule has 2 heterocycles. The van der Waals surface area contributed by atoms with Gasteiger partial charge in [0.1, 0.15) is 16.9 Å². The summed E-state index contributed by atoms with van der Waals surface area (Å²) in [6, 6.07) is 1.19. The molecule has 6 N–H and O–H groups in total. The standard InChI is InChI=1S/C16H23N7O2S/c1-8-5-11(26-23-8)22-15-12(14(18)25)19-7-10(21-15)20-9(13(17)24)6-16(2,3)4/h5,7,9H,6H2,1-4H3,(H2,17,24)(H2,18,25)(H2,20,21,22)/t9-/m1/s1. The van der Waals surface area contributed by atoms with E-state index in [4.69, 9.17) is 11.5 Å². The highest BCUT2D eigenvalue weighted by Gasteiger charge is 2.24. The summed E-state index contributed by atoms with van der Waals surface area (Å²) < 4.78 is 4.16. The molecule has 0 bridgehead atoms. The van der Waals surface area contributed by atoms with Crippen LogP contribution >= 0.6 is 11.5 Å². The average molecular weight is 377 g/mol. The number of anilines is 3. The van der Waals surface area contributed by atoms with E-state index >= 15 is 0 Å². The molecule has 0 fully saturated rings. The van der Waals surface area contributed by atoms with Crippen LogP contribution in [0, 0.1) is 12.3 Å². The summed E-state index contributed by atoms with van der Waals surface area (Å²) >= 11 is 1.22. The average Bonchev–Trinajstić information content (AvgIpc) is 2.90. The number of rotatable bonds is 7. The molecule has 1 atom stereocenters. The second-order valence-corrected chi connectivity index (χ2v) is 7.94. The van der Waals surface area contributed by atoms with Gasteiger partial charge >= 0.3 is 0 Å². The minimum Gasteiger partial charge on any atom is -0.368 e. The fourth-order valence-corrected chi connectivity index (χ4v) is 2.94. The van der Waals surface area contributed by atoms with E-state index in [0.29, 0.717) is 17.2 Å².